The average Bonchev–Trinajstić information content (AvgIpc) is 2.60. The average molecular weight is 399 g/mol. The fraction of sp³-hybridized carbons (Fsp3) is 0.429. The molecule has 0 radical (unpaired) electrons. The van der Waals surface area contributed by atoms with Crippen molar-refractivity contribution in [3.63, 3.8) is 0 Å². The van der Waals surface area contributed by atoms with Crippen molar-refractivity contribution in [1.82, 2.24) is 20.6 Å². The summed E-state index contributed by atoms with van der Waals surface area (Å²) in [6.45, 7) is 0.654. The van der Waals surface area contributed by atoms with Crippen LogP contribution in [0.15, 0.2) is 21.7 Å². The number of nitrogens with one attached hydrogen (secondary N) is 4. The lowest BCUT2D eigenvalue weighted by Gasteiger charge is -2.38. The van der Waals surface area contributed by atoms with E-state index in [9.17, 15) is 34.1 Å². The number of H-pyrrole nitrogens is 2. The molecule has 1 aromatic heterocycles. The van der Waals surface area contributed by atoms with Crippen LogP contribution in [0, 0.1) is 10.1 Å². The molecule has 0 unspecified atom stereocenters. The van der Waals surface area contributed by atoms with E-state index in [-0.39, 0.29) is 41.7 Å². The molecule has 1 aliphatic rings. The molecule has 0 bridgehead atoms. The zero-order chi connectivity index (χ0) is 19.8. The third kappa shape index (κ3) is 3.70. The molecule has 0 saturated carbocycles. The van der Waals surface area contributed by atoms with E-state index in [1.807, 2.05) is 0 Å². The molecule has 1 aromatic carbocycles. The van der Waals surface area contributed by atoms with Crippen LogP contribution in [0.4, 0.5) is 5.69 Å². The highest BCUT2D eigenvalue weighted by molar-refractivity contribution is 7.53. The summed E-state index contributed by atoms with van der Waals surface area (Å²) in [5.74, 6) is 0. The molecule has 3 rings (SSSR count). The molecule has 12 nitrogen and oxygen atoms in total. The first-order chi connectivity index (χ1) is 12.6. The highest BCUT2D eigenvalue weighted by Crippen LogP contribution is 2.53. The van der Waals surface area contributed by atoms with Gasteiger partial charge in [0.05, 0.1) is 16.0 Å². The minimum Gasteiger partial charge on any atom is -0.323 e. The molecule has 1 saturated heterocycles. The number of piperidine rings is 1. The summed E-state index contributed by atoms with van der Waals surface area (Å²) in [6, 6.07) is 2.30. The number of rotatable bonds is 5. The Morgan fingerprint density at radius 2 is 1.81 bits per heavy atom. The third-order valence-corrected chi connectivity index (χ3v) is 6.43. The van der Waals surface area contributed by atoms with Gasteiger partial charge in [-0.1, -0.05) is 0 Å². The number of aromatic amines is 2. The predicted molar refractivity (Wildman–Crippen MR) is 95.6 cm³/mol. The van der Waals surface area contributed by atoms with Gasteiger partial charge in [0, 0.05) is 18.7 Å². The molecule has 13 heteroatoms. The van der Waals surface area contributed by atoms with E-state index in [2.05, 4.69) is 20.6 Å². The maximum atomic E-state index is 12.1. The normalized spacial score (nSPS) is 17.1. The Morgan fingerprint density at radius 3 is 2.41 bits per heavy atom. The van der Waals surface area contributed by atoms with Crippen molar-refractivity contribution in [3.05, 3.63) is 48.5 Å². The first-order valence-electron chi connectivity index (χ1n) is 8.08. The van der Waals surface area contributed by atoms with Crippen LogP contribution in [0.3, 0.4) is 0 Å². The van der Waals surface area contributed by atoms with Crippen LogP contribution in [0.5, 0.6) is 0 Å². The smallest absolute Gasteiger partial charge is 0.323 e. The largest absolute Gasteiger partial charge is 0.345 e. The van der Waals surface area contributed by atoms with Crippen molar-refractivity contribution in [1.29, 1.82) is 0 Å². The number of non-ortho nitro benzene ring substituents is 1. The molecule has 27 heavy (non-hydrogen) atoms. The maximum Gasteiger partial charge on any atom is 0.345 e. The first kappa shape index (κ1) is 19.4. The van der Waals surface area contributed by atoms with Crippen molar-refractivity contribution in [2.45, 2.75) is 24.7 Å². The molecule has 0 spiro atoms. The molecule has 146 valence electrons. The molecule has 2 aromatic rings. The highest BCUT2D eigenvalue weighted by Gasteiger charge is 2.47. The number of hydrogen-bond donors (Lipinski definition) is 6. The van der Waals surface area contributed by atoms with Crippen LogP contribution < -0.4 is 21.8 Å². The zero-order valence-electron chi connectivity index (χ0n) is 14.0. The lowest BCUT2D eigenvalue weighted by Crippen LogP contribution is -2.51. The Hall–Kier alpha value is -2.37. The third-order valence-electron chi connectivity index (χ3n) is 4.70. The van der Waals surface area contributed by atoms with Gasteiger partial charge >= 0.3 is 18.7 Å². The van der Waals surface area contributed by atoms with Crippen molar-refractivity contribution in [3.8, 4) is 0 Å². The molecule has 6 N–H and O–H groups in total. The molecular formula is C14H18N5O7P. The minimum absolute atomic E-state index is 0.0566. The Labute approximate surface area is 151 Å². The molecule has 0 atom stereocenters. The number of fused-ring (bicyclic) bond motifs is 1. The van der Waals surface area contributed by atoms with Crippen molar-refractivity contribution in [2.24, 2.45) is 0 Å². The number of hydrogen-bond acceptors (Lipinski definition) is 7. The zero-order valence-corrected chi connectivity index (χ0v) is 14.9. The predicted octanol–water partition coefficient (Wildman–Crippen LogP) is -0.528. The second-order valence-corrected chi connectivity index (χ2v) is 8.32. The second kappa shape index (κ2) is 6.98. The van der Waals surface area contributed by atoms with Crippen LogP contribution in [0.1, 0.15) is 18.4 Å². The SMILES string of the molecule is O=c1[nH]c2cc([N+](=O)[O-])cc(CNC3(P(=O)(O)O)CCNCC3)c2[nH]c1=O. The number of nitro groups is 1. The van der Waals surface area contributed by atoms with Gasteiger partial charge in [-0.15, -0.1) is 0 Å². The number of aromatic nitrogens is 2. The van der Waals surface area contributed by atoms with Crippen molar-refractivity contribution in [2.75, 3.05) is 13.1 Å². The molecular weight excluding hydrogens is 381 g/mol. The van der Waals surface area contributed by atoms with Gasteiger partial charge in [-0.2, -0.15) is 0 Å². The van der Waals surface area contributed by atoms with Crippen LogP contribution >= 0.6 is 7.60 Å². The molecule has 1 fully saturated rings. The summed E-state index contributed by atoms with van der Waals surface area (Å²) in [4.78, 5) is 57.9. The first-order valence-corrected chi connectivity index (χ1v) is 9.69. The summed E-state index contributed by atoms with van der Waals surface area (Å²) in [5.41, 5.74) is -1.75. The number of nitrogens with zero attached hydrogens (tertiary/aromatic N) is 1. The highest BCUT2D eigenvalue weighted by atomic mass is 31.2. The monoisotopic (exact) mass is 399 g/mol. The van der Waals surface area contributed by atoms with Gasteiger partial charge in [-0.05, 0) is 31.5 Å². The Morgan fingerprint density at radius 1 is 1.19 bits per heavy atom. The van der Waals surface area contributed by atoms with E-state index < -0.39 is 28.9 Å². The van der Waals surface area contributed by atoms with Gasteiger partial charge in [0.15, 0.2) is 0 Å². The Kier molecular flexibility index (Phi) is 5.02. The van der Waals surface area contributed by atoms with Gasteiger partial charge in [0.1, 0.15) is 5.28 Å². The summed E-state index contributed by atoms with van der Waals surface area (Å²) in [7, 11) is -4.53. The van der Waals surface area contributed by atoms with Gasteiger partial charge in [0.2, 0.25) is 0 Å². The maximum absolute atomic E-state index is 12.1. The van der Waals surface area contributed by atoms with E-state index in [1.54, 1.807) is 0 Å². The summed E-state index contributed by atoms with van der Waals surface area (Å²) in [6.07, 6.45) is 0.328. The van der Waals surface area contributed by atoms with Gasteiger partial charge in [0.25, 0.3) is 5.69 Å². The Bertz CT molecular complexity index is 1050. The lowest BCUT2D eigenvalue weighted by molar-refractivity contribution is -0.384. The number of benzene rings is 1. The van der Waals surface area contributed by atoms with Gasteiger partial charge in [-0.25, -0.2) is 0 Å². The fourth-order valence-corrected chi connectivity index (χ4v) is 4.29. The van der Waals surface area contributed by atoms with Gasteiger partial charge in [-0.3, -0.25) is 29.6 Å². The summed E-state index contributed by atoms with van der Waals surface area (Å²) in [5, 5.41) is 15.6. The minimum atomic E-state index is -4.53. The lowest BCUT2D eigenvalue weighted by atomic mass is 10.0. The Balaban J connectivity index is 2.06. The van der Waals surface area contributed by atoms with Crippen LogP contribution in [0.25, 0.3) is 11.0 Å². The van der Waals surface area contributed by atoms with Gasteiger partial charge < -0.3 is 25.1 Å². The van der Waals surface area contributed by atoms with E-state index in [0.29, 0.717) is 13.1 Å². The molecule has 2 heterocycles. The van der Waals surface area contributed by atoms with E-state index in [4.69, 9.17) is 0 Å². The van der Waals surface area contributed by atoms with Crippen molar-refractivity contribution >= 4 is 24.3 Å². The van der Waals surface area contributed by atoms with Crippen LogP contribution in [0.2, 0.25) is 0 Å². The second-order valence-electron chi connectivity index (χ2n) is 6.37. The quantitative estimate of drug-likeness (QED) is 0.166. The molecule has 0 amide bonds. The molecule has 0 aliphatic carbocycles. The van der Waals surface area contributed by atoms with Crippen LogP contribution in [-0.2, 0) is 11.1 Å². The topological polar surface area (TPSA) is 190 Å². The van der Waals surface area contributed by atoms with Crippen molar-refractivity contribution < 1.29 is 19.3 Å². The molecule has 1 aliphatic heterocycles. The van der Waals surface area contributed by atoms with E-state index in [1.165, 1.54) is 6.07 Å². The van der Waals surface area contributed by atoms with E-state index in [0.717, 1.165) is 6.07 Å². The standard InChI is InChI=1S/C14H18N5O7P/c20-12-13(21)18-11-8(5-9(19(22)23)6-10(11)17-12)7-16-14(27(24,25)26)1-3-15-4-2-14/h5-6,15-16H,1-4,7H2,(H,17,20)(H,18,21)(H2,24,25,26). The van der Waals surface area contributed by atoms with Crippen LogP contribution in [-0.4, -0.2) is 43.0 Å². The van der Waals surface area contributed by atoms with E-state index >= 15 is 0 Å². The summed E-state index contributed by atoms with van der Waals surface area (Å²) >= 11 is 0. The number of nitro benzene ring substituents is 1. The summed E-state index contributed by atoms with van der Waals surface area (Å²) < 4.78 is 12.1. The fourth-order valence-electron chi connectivity index (χ4n) is 3.20.